The molecule has 148 valence electrons. The van der Waals surface area contributed by atoms with Crippen molar-refractivity contribution in [3.05, 3.63) is 39.9 Å². The van der Waals surface area contributed by atoms with Crippen LogP contribution in [0.15, 0.2) is 24.3 Å². The standard InChI is InChI=1S/C15H14ClF3N2O6/c1-7-12(10(6-11(16)26-7)20-14(23)15(17,18)19)27-13(22)8-2-4-9(5-3-8)21(24)25/h2-5,7,10-12H,6H2,1H3,(H,20,23)/t7-,10-,11-,12+/m1/s1. The van der Waals surface area contributed by atoms with Crippen LogP contribution in [-0.2, 0) is 14.3 Å². The first-order chi connectivity index (χ1) is 12.5. The zero-order valence-corrected chi connectivity index (χ0v) is 14.5. The van der Waals surface area contributed by atoms with Gasteiger partial charge >= 0.3 is 18.1 Å². The first-order valence-corrected chi connectivity index (χ1v) is 8.05. The molecule has 27 heavy (non-hydrogen) atoms. The third kappa shape index (κ3) is 5.30. The summed E-state index contributed by atoms with van der Waals surface area (Å²) in [6, 6.07) is 3.21. The molecule has 1 amide bonds. The topological polar surface area (TPSA) is 108 Å². The maximum Gasteiger partial charge on any atom is 0.471 e. The third-order valence-electron chi connectivity index (χ3n) is 3.79. The molecule has 1 N–H and O–H groups in total. The Hall–Kier alpha value is -2.40. The minimum Gasteiger partial charge on any atom is -0.454 e. The molecule has 1 aliphatic heterocycles. The van der Waals surface area contributed by atoms with Gasteiger partial charge in [0.15, 0.2) is 0 Å². The number of benzene rings is 1. The summed E-state index contributed by atoms with van der Waals surface area (Å²) in [7, 11) is 0. The molecule has 0 aliphatic carbocycles. The number of carbonyl (C=O) groups is 2. The van der Waals surface area contributed by atoms with Crippen molar-refractivity contribution in [2.75, 3.05) is 0 Å². The quantitative estimate of drug-likeness (QED) is 0.354. The Bertz CT molecular complexity index is 727. The van der Waals surface area contributed by atoms with Crippen LogP contribution >= 0.6 is 11.6 Å². The van der Waals surface area contributed by atoms with Gasteiger partial charge in [0.1, 0.15) is 11.7 Å². The van der Waals surface area contributed by atoms with Crippen LogP contribution < -0.4 is 5.32 Å². The summed E-state index contributed by atoms with van der Waals surface area (Å²) < 4.78 is 48.0. The second-order valence-corrected chi connectivity index (χ2v) is 6.23. The van der Waals surface area contributed by atoms with E-state index in [1.54, 1.807) is 5.32 Å². The molecular formula is C15H14ClF3N2O6. The molecule has 8 nitrogen and oxygen atoms in total. The number of nitrogens with zero attached hydrogens (tertiary/aromatic N) is 1. The molecule has 1 aromatic rings. The second-order valence-electron chi connectivity index (χ2n) is 5.74. The summed E-state index contributed by atoms with van der Waals surface area (Å²) in [5.74, 6) is -3.13. The second kappa shape index (κ2) is 8.09. The lowest BCUT2D eigenvalue weighted by atomic mass is 10.00. The van der Waals surface area contributed by atoms with Crippen molar-refractivity contribution in [2.45, 2.75) is 43.3 Å². The van der Waals surface area contributed by atoms with E-state index in [0.29, 0.717) is 0 Å². The van der Waals surface area contributed by atoms with E-state index in [1.807, 2.05) is 0 Å². The molecule has 0 spiro atoms. The number of non-ortho nitro benzene ring substituents is 1. The molecule has 0 saturated carbocycles. The molecule has 12 heteroatoms. The van der Waals surface area contributed by atoms with Crippen LogP contribution in [0, 0.1) is 10.1 Å². The van der Waals surface area contributed by atoms with Gasteiger partial charge < -0.3 is 14.8 Å². The van der Waals surface area contributed by atoms with E-state index in [2.05, 4.69) is 0 Å². The van der Waals surface area contributed by atoms with Crippen LogP contribution in [0.4, 0.5) is 18.9 Å². The molecule has 0 bridgehead atoms. The van der Waals surface area contributed by atoms with Gasteiger partial charge in [-0.1, -0.05) is 11.6 Å². The summed E-state index contributed by atoms with van der Waals surface area (Å²) in [4.78, 5) is 33.4. The number of carbonyl (C=O) groups excluding carboxylic acids is 2. The van der Waals surface area contributed by atoms with Crippen molar-refractivity contribution < 1.29 is 37.2 Å². The maximum atomic E-state index is 12.5. The van der Waals surface area contributed by atoms with Crippen molar-refractivity contribution in [3.63, 3.8) is 0 Å². The van der Waals surface area contributed by atoms with Gasteiger partial charge in [-0.2, -0.15) is 13.2 Å². The largest absolute Gasteiger partial charge is 0.471 e. The van der Waals surface area contributed by atoms with Crippen LogP contribution in [0.2, 0.25) is 0 Å². The molecular weight excluding hydrogens is 397 g/mol. The van der Waals surface area contributed by atoms with Gasteiger partial charge in [0.25, 0.3) is 5.69 Å². The molecule has 1 saturated heterocycles. The van der Waals surface area contributed by atoms with Crippen LogP contribution in [-0.4, -0.2) is 46.8 Å². The van der Waals surface area contributed by atoms with Gasteiger partial charge in [-0.05, 0) is 19.1 Å². The number of amides is 1. The lowest BCUT2D eigenvalue weighted by Crippen LogP contribution is -2.57. The summed E-state index contributed by atoms with van der Waals surface area (Å²) in [6.45, 7) is 1.43. The number of esters is 1. The molecule has 1 heterocycles. The number of hydrogen-bond acceptors (Lipinski definition) is 6. The number of alkyl halides is 4. The van der Waals surface area contributed by atoms with E-state index in [0.717, 1.165) is 24.3 Å². The van der Waals surface area contributed by atoms with Crippen molar-refractivity contribution in [1.82, 2.24) is 5.32 Å². The van der Waals surface area contributed by atoms with Crippen molar-refractivity contribution >= 4 is 29.2 Å². The fourth-order valence-corrected chi connectivity index (χ4v) is 2.86. The number of nitro benzene ring substituents is 1. The van der Waals surface area contributed by atoms with Crippen LogP contribution in [0.5, 0.6) is 0 Å². The Kier molecular flexibility index (Phi) is 6.26. The van der Waals surface area contributed by atoms with Gasteiger partial charge in [0, 0.05) is 18.6 Å². The lowest BCUT2D eigenvalue weighted by Gasteiger charge is -2.38. The predicted molar refractivity (Wildman–Crippen MR) is 85.1 cm³/mol. The molecule has 1 aliphatic rings. The molecule has 0 aromatic heterocycles. The monoisotopic (exact) mass is 410 g/mol. The lowest BCUT2D eigenvalue weighted by molar-refractivity contribution is -0.384. The smallest absolute Gasteiger partial charge is 0.454 e. The van der Waals surface area contributed by atoms with E-state index >= 15 is 0 Å². The third-order valence-corrected chi connectivity index (χ3v) is 4.07. The molecule has 1 aromatic carbocycles. The number of ether oxygens (including phenoxy) is 2. The van der Waals surface area contributed by atoms with Gasteiger partial charge in [-0.25, -0.2) is 4.79 Å². The minimum atomic E-state index is -5.11. The first kappa shape index (κ1) is 20.9. The Balaban J connectivity index is 2.15. The average molecular weight is 411 g/mol. The Labute approximate surface area is 155 Å². The van der Waals surface area contributed by atoms with E-state index in [1.165, 1.54) is 6.92 Å². The van der Waals surface area contributed by atoms with Crippen molar-refractivity contribution in [2.24, 2.45) is 0 Å². The van der Waals surface area contributed by atoms with Crippen LogP contribution in [0.25, 0.3) is 0 Å². The molecule has 0 unspecified atom stereocenters. The molecule has 0 radical (unpaired) electrons. The van der Waals surface area contributed by atoms with Gasteiger partial charge in [0.2, 0.25) is 0 Å². The highest BCUT2D eigenvalue weighted by Gasteiger charge is 2.45. The summed E-state index contributed by atoms with van der Waals surface area (Å²) >= 11 is 5.81. The Morgan fingerprint density at radius 2 is 1.93 bits per heavy atom. The summed E-state index contributed by atoms with van der Waals surface area (Å²) in [5.41, 5.74) is -1.28. The Morgan fingerprint density at radius 1 is 1.33 bits per heavy atom. The number of rotatable bonds is 4. The van der Waals surface area contributed by atoms with Crippen molar-refractivity contribution in [3.8, 4) is 0 Å². The van der Waals surface area contributed by atoms with E-state index in [9.17, 15) is 32.9 Å². The zero-order valence-electron chi connectivity index (χ0n) is 13.7. The molecule has 2 rings (SSSR count). The summed E-state index contributed by atoms with van der Waals surface area (Å²) in [6.07, 6.45) is -7.47. The van der Waals surface area contributed by atoms with E-state index in [-0.39, 0.29) is 17.7 Å². The predicted octanol–water partition coefficient (Wildman–Crippen LogP) is 2.54. The number of nitrogens with one attached hydrogen (secondary N) is 1. The fraction of sp³-hybridized carbons (Fsp3) is 0.467. The highest BCUT2D eigenvalue weighted by Crippen LogP contribution is 2.27. The van der Waals surface area contributed by atoms with E-state index in [4.69, 9.17) is 21.1 Å². The normalized spacial score (nSPS) is 25.5. The number of hydrogen-bond donors (Lipinski definition) is 1. The highest BCUT2D eigenvalue weighted by atomic mass is 35.5. The van der Waals surface area contributed by atoms with Gasteiger partial charge in [0.05, 0.1) is 22.6 Å². The highest BCUT2D eigenvalue weighted by molar-refractivity contribution is 6.19. The average Bonchev–Trinajstić information content (AvgIpc) is 2.56. The SMILES string of the molecule is C[C@H]1O[C@@H](Cl)C[C@@H](NC(=O)C(F)(F)F)[C@H]1OC(=O)c1ccc([N+](=O)[O-])cc1. The fourth-order valence-electron chi connectivity index (χ4n) is 2.51. The van der Waals surface area contributed by atoms with Crippen LogP contribution in [0.3, 0.4) is 0 Å². The van der Waals surface area contributed by atoms with Crippen LogP contribution in [0.1, 0.15) is 23.7 Å². The van der Waals surface area contributed by atoms with Gasteiger partial charge in [-0.15, -0.1) is 0 Å². The number of halogens is 4. The van der Waals surface area contributed by atoms with Gasteiger partial charge in [-0.3, -0.25) is 14.9 Å². The first-order valence-electron chi connectivity index (χ1n) is 7.61. The van der Waals surface area contributed by atoms with E-state index < -0.39 is 46.8 Å². The maximum absolute atomic E-state index is 12.5. The Morgan fingerprint density at radius 3 is 2.44 bits per heavy atom. The number of nitro groups is 1. The minimum absolute atomic E-state index is 0.0540. The molecule has 1 fully saturated rings. The molecule has 4 atom stereocenters. The zero-order chi connectivity index (χ0) is 20.4. The summed E-state index contributed by atoms with van der Waals surface area (Å²) in [5, 5.41) is 12.4. The van der Waals surface area contributed by atoms with Crippen molar-refractivity contribution in [1.29, 1.82) is 0 Å².